The zero-order chi connectivity index (χ0) is 12.3. The zero-order valence-corrected chi connectivity index (χ0v) is 9.14. The third kappa shape index (κ3) is 2.40. The summed E-state index contributed by atoms with van der Waals surface area (Å²) in [5, 5.41) is 8.89. The van der Waals surface area contributed by atoms with Gasteiger partial charge in [0.1, 0.15) is 11.6 Å². The summed E-state index contributed by atoms with van der Waals surface area (Å²) < 4.78 is 18.1. The smallest absolute Gasteiger partial charge is 0.142 e. The van der Waals surface area contributed by atoms with Crippen molar-refractivity contribution in [1.29, 1.82) is 5.26 Å². The Bertz CT molecular complexity index is 590. The number of aromatic nitrogens is 1. The van der Waals surface area contributed by atoms with E-state index in [2.05, 4.69) is 4.98 Å². The zero-order valence-electron chi connectivity index (χ0n) is 9.14. The molecule has 1 aromatic heterocycles. The van der Waals surface area contributed by atoms with Crippen LogP contribution >= 0.6 is 0 Å². The first kappa shape index (κ1) is 11.1. The standard InChI is InChI=1S/C13H9FN2O/c1-17-13-3-9(6-15)2-10(5-13)11-4-12(14)8-16-7-11/h2-5,7-8H,1H3. The van der Waals surface area contributed by atoms with Gasteiger partial charge in [0.15, 0.2) is 0 Å². The largest absolute Gasteiger partial charge is 0.497 e. The molecule has 1 heterocycles. The summed E-state index contributed by atoms with van der Waals surface area (Å²) in [5.74, 6) is 0.145. The fourth-order valence-corrected chi connectivity index (χ4v) is 1.52. The quantitative estimate of drug-likeness (QED) is 0.793. The Kier molecular flexibility index (Phi) is 3.01. The summed E-state index contributed by atoms with van der Waals surface area (Å²) in [6, 6.07) is 8.42. The minimum Gasteiger partial charge on any atom is -0.497 e. The molecule has 0 unspecified atom stereocenters. The molecule has 0 aliphatic heterocycles. The van der Waals surface area contributed by atoms with E-state index in [1.54, 1.807) is 24.4 Å². The highest BCUT2D eigenvalue weighted by Gasteiger charge is 2.04. The lowest BCUT2D eigenvalue weighted by Gasteiger charge is -2.05. The molecule has 0 saturated carbocycles. The Morgan fingerprint density at radius 2 is 2.00 bits per heavy atom. The Hall–Kier alpha value is -2.41. The highest BCUT2D eigenvalue weighted by atomic mass is 19.1. The number of methoxy groups -OCH3 is 1. The van der Waals surface area contributed by atoms with Crippen LogP contribution in [-0.4, -0.2) is 12.1 Å². The minimum absolute atomic E-state index is 0.413. The van der Waals surface area contributed by atoms with Gasteiger partial charge in [-0.1, -0.05) is 0 Å². The molecular weight excluding hydrogens is 219 g/mol. The summed E-state index contributed by atoms with van der Waals surface area (Å²) >= 11 is 0. The molecule has 0 radical (unpaired) electrons. The van der Waals surface area contributed by atoms with Crippen LogP contribution in [0.1, 0.15) is 5.56 Å². The number of nitrogens with zero attached hydrogens (tertiary/aromatic N) is 2. The summed E-state index contributed by atoms with van der Waals surface area (Å²) in [4.78, 5) is 3.77. The van der Waals surface area contributed by atoms with Gasteiger partial charge in [-0.2, -0.15) is 5.26 Å². The fourth-order valence-electron chi connectivity index (χ4n) is 1.52. The maximum Gasteiger partial charge on any atom is 0.142 e. The van der Waals surface area contributed by atoms with Crippen LogP contribution in [0.5, 0.6) is 5.75 Å². The number of halogens is 1. The van der Waals surface area contributed by atoms with E-state index in [1.165, 1.54) is 13.2 Å². The van der Waals surface area contributed by atoms with Gasteiger partial charge in [0.05, 0.1) is 24.9 Å². The molecule has 0 atom stereocenters. The predicted octanol–water partition coefficient (Wildman–Crippen LogP) is 2.77. The molecule has 0 saturated heterocycles. The van der Waals surface area contributed by atoms with Crippen molar-refractivity contribution in [2.24, 2.45) is 0 Å². The van der Waals surface area contributed by atoms with Gasteiger partial charge in [0.25, 0.3) is 0 Å². The predicted molar refractivity (Wildman–Crippen MR) is 60.9 cm³/mol. The molecule has 0 N–H and O–H groups in total. The highest BCUT2D eigenvalue weighted by molar-refractivity contribution is 5.66. The van der Waals surface area contributed by atoms with E-state index in [4.69, 9.17) is 10.00 Å². The molecule has 0 spiro atoms. The lowest BCUT2D eigenvalue weighted by atomic mass is 10.0. The van der Waals surface area contributed by atoms with Gasteiger partial charge in [0, 0.05) is 11.8 Å². The van der Waals surface area contributed by atoms with Crippen LogP contribution in [0.2, 0.25) is 0 Å². The summed E-state index contributed by atoms with van der Waals surface area (Å²) in [6.45, 7) is 0. The molecule has 17 heavy (non-hydrogen) atoms. The summed E-state index contributed by atoms with van der Waals surface area (Å²) in [6.07, 6.45) is 2.67. The molecule has 0 aliphatic carbocycles. The van der Waals surface area contributed by atoms with Crippen molar-refractivity contribution in [3.8, 4) is 22.9 Å². The summed E-state index contributed by atoms with van der Waals surface area (Å²) in [5.41, 5.74) is 1.77. The molecule has 2 rings (SSSR count). The van der Waals surface area contributed by atoms with Gasteiger partial charge in [-0.05, 0) is 29.8 Å². The van der Waals surface area contributed by atoms with Gasteiger partial charge >= 0.3 is 0 Å². The average molecular weight is 228 g/mol. The second kappa shape index (κ2) is 4.62. The number of hydrogen-bond donors (Lipinski definition) is 0. The molecule has 0 amide bonds. The third-order valence-electron chi connectivity index (χ3n) is 2.31. The van der Waals surface area contributed by atoms with E-state index in [1.807, 2.05) is 6.07 Å². The van der Waals surface area contributed by atoms with Crippen molar-refractivity contribution in [3.63, 3.8) is 0 Å². The number of pyridine rings is 1. The molecule has 0 bridgehead atoms. The first-order valence-corrected chi connectivity index (χ1v) is 4.93. The van der Waals surface area contributed by atoms with Crippen LogP contribution in [0, 0.1) is 17.1 Å². The average Bonchev–Trinajstić information content (AvgIpc) is 2.38. The van der Waals surface area contributed by atoms with E-state index in [0.717, 1.165) is 6.20 Å². The Morgan fingerprint density at radius 3 is 2.65 bits per heavy atom. The lowest BCUT2D eigenvalue weighted by Crippen LogP contribution is -1.88. The normalized spacial score (nSPS) is 9.71. The van der Waals surface area contributed by atoms with Crippen LogP contribution in [-0.2, 0) is 0 Å². The number of nitriles is 1. The fraction of sp³-hybridized carbons (Fsp3) is 0.0769. The Morgan fingerprint density at radius 1 is 1.18 bits per heavy atom. The maximum atomic E-state index is 13.1. The first-order valence-electron chi connectivity index (χ1n) is 4.93. The van der Waals surface area contributed by atoms with Gasteiger partial charge < -0.3 is 4.74 Å². The molecule has 4 heteroatoms. The first-order chi connectivity index (χ1) is 8.22. The van der Waals surface area contributed by atoms with Crippen molar-refractivity contribution < 1.29 is 9.13 Å². The van der Waals surface area contributed by atoms with Gasteiger partial charge in [-0.25, -0.2) is 4.39 Å². The van der Waals surface area contributed by atoms with Gasteiger partial charge in [0.2, 0.25) is 0 Å². The SMILES string of the molecule is COc1cc(C#N)cc(-c2cncc(F)c2)c1. The molecule has 1 aromatic carbocycles. The lowest BCUT2D eigenvalue weighted by molar-refractivity contribution is 0.415. The van der Waals surface area contributed by atoms with Crippen LogP contribution < -0.4 is 4.74 Å². The molecule has 3 nitrogen and oxygen atoms in total. The van der Waals surface area contributed by atoms with Gasteiger partial charge in [-0.3, -0.25) is 4.98 Å². The Balaban J connectivity index is 2.55. The van der Waals surface area contributed by atoms with Gasteiger partial charge in [-0.15, -0.1) is 0 Å². The van der Waals surface area contributed by atoms with Crippen molar-refractivity contribution in [1.82, 2.24) is 4.98 Å². The minimum atomic E-state index is -0.413. The van der Waals surface area contributed by atoms with Crippen LogP contribution in [0.25, 0.3) is 11.1 Å². The van der Waals surface area contributed by atoms with E-state index in [0.29, 0.717) is 22.4 Å². The molecule has 0 fully saturated rings. The second-order valence-corrected chi connectivity index (χ2v) is 3.45. The monoisotopic (exact) mass is 228 g/mol. The molecule has 0 aliphatic rings. The second-order valence-electron chi connectivity index (χ2n) is 3.45. The third-order valence-corrected chi connectivity index (χ3v) is 2.31. The van der Waals surface area contributed by atoms with Crippen LogP contribution in [0.4, 0.5) is 4.39 Å². The van der Waals surface area contributed by atoms with Crippen LogP contribution in [0.3, 0.4) is 0 Å². The molecule has 2 aromatic rings. The van der Waals surface area contributed by atoms with Crippen molar-refractivity contribution in [2.45, 2.75) is 0 Å². The number of rotatable bonds is 2. The number of ether oxygens (including phenoxy) is 1. The Labute approximate surface area is 98.1 Å². The topological polar surface area (TPSA) is 45.9 Å². The van der Waals surface area contributed by atoms with E-state index in [-0.39, 0.29) is 0 Å². The molecule has 84 valence electrons. The van der Waals surface area contributed by atoms with E-state index >= 15 is 0 Å². The molecular formula is C13H9FN2O. The van der Waals surface area contributed by atoms with E-state index in [9.17, 15) is 4.39 Å². The highest BCUT2D eigenvalue weighted by Crippen LogP contribution is 2.25. The number of hydrogen-bond acceptors (Lipinski definition) is 3. The van der Waals surface area contributed by atoms with Crippen LogP contribution in [0.15, 0.2) is 36.7 Å². The van der Waals surface area contributed by atoms with Crippen molar-refractivity contribution in [2.75, 3.05) is 7.11 Å². The number of benzene rings is 1. The van der Waals surface area contributed by atoms with Crippen molar-refractivity contribution in [3.05, 3.63) is 48.0 Å². The summed E-state index contributed by atoms with van der Waals surface area (Å²) in [7, 11) is 1.52. The van der Waals surface area contributed by atoms with Crippen molar-refractivity contribution >= 4 is 0 Å². The van der Waals surface area contributed by atoms with E-state index < -0.39 is 5.82 Å². The maximum absolute atomic E-state index is 13.1.